The summed E-state index contributed by atoms with van der Waals surface area (Å²) in [5.41, 5.74) is 1.57. The Morgan fingerprint density at radius 1 is 1.18 bits per heavy atom. The third kappa shape index (κ3) is 7.82. The molecule has 0 spiro atoms. The molecule has 1 heterocycles. The summed E-state index contributed by atoms with van der Waals surface area (Å²) in [5.74, 6) is 0.543. The zero-order valence-corrected chi connectivity index (χ0v) is 19.2. The van der Waals surface area contributed by atoms with Crippen molar-refractivity contribution in [2.75, 3.05) is 32.6 Å². The topological polar surface area (TPSA) is 52.6 Å². The van der Waals surface area contributed by atoms with Gasteiger partial charge in [-0.05, 0) is 30.5 Å². The predicted octanol–water partition coefficient (Wildman–Crippen LogP) is 4.14. The van der Waals surface area contributed by atoms with Crippen LogP contribution in [0.15, 0.2) is 34.6 Å². The van der Waals surface area contributed by atoms with Gasteiger partial charge in [0.2, 0.25) is 0 Å². The minimum absolute atomic E-state index is 0. The van der Waals surface area contributed by atoms with Crippen LogP contribution in [0.4, 0.5) is 18.9 Å². The lowest BCUT2D eigenvalue weighted by molar-refractivity contribution is -0.140. The molecule has 0 bridgehead atoms. The molecule has 0 atom stereocenters. The molecule has 2 N–H and O–H groups in total. The number of halogens is 4. The number of rotatable bonds is 7. The van der Waals surface area contributed by atoms with E-state index >= 15 is 0 Å². The van der Waals surface area contributed by atoms with E-state index in [1.54, 1.807) is 7.05 Å². The van der Waals surface area contributed by atoms with Crippen LogP contribution in [0, 0.1) is 0 Å². The van der Waals surface area contributed by atoms with Gasteiger partial charge in [0.05, 0.1) is 6.54 Å². The van der Waals surface area contributed by atoms with E-state index in [-0.39, 0.29) is 30.5 Å². The summed E-state index contributed by atoms with van der Waals surface area (Å²) in [4.78, 5) is 9.72. The van der Waals surface area contributed by atoms with Crippen molar-refractivity contribution < 1.29 is 13.2 Å². The highest BCUT2D eigenvalue weighted by molar-refractivity contribution is 14.0. The normalized spacial score (nSPS) is 11.7. The Kier molecular flexibility index (Phi) is 10.0. The molecule has 10 heteroatoms. The molecule has 0 saturated heterocycles. The number of aromatic nitrogens is 1. The lowest BCUT2D eigenvalue weighted by atomic mass is 10.1. The average Bonchev–Trinajstić information content (AvgIpc) is 3.11. The van der Waals surface area contributed by atoms with Crippen molar-refractivity contribution in [1.82, 2.24) is 15.6 Å². The molecule has 0 amide bonds. The highest BCUT2D eigenvalue weighted by Crippen LogP contribution is 2.29. The number of hydrogen-bond acceptors (Lipinski definition) is 4. The fourth-order valence-electron chi connectivity index (χ4n) is 2.36. The molecule has 1 aromatic carbocycles. The molecule has 0 aliphatic rings. The number of aryl methyl sites for hydroxylation is 1. The van der Waals surface area contributed by atoms with Gasteiger partial charge in [-0.15, -0.1) is 35.3 Å². The molecule has 156 valence electrons. The highest BCUT2D eigenvalue weighted by atomic mass is 127. The Balaban J connectivity index is 0.00000392. The Hall–Kier alpha value is -1.56. The van der Waals surface area contributed by atoms with E-state index in [9.17, 15) is 13.2 Å². The van der Waals surface area contributed by atoms with Crippen molar-refractivity contribution >= 4 is 47.0 Å². The van der Waals surface area contributed by atoms with Gasteiger partial charge >= 0.3 is 6.18 Å². The fourth-order valence-corrected chi connectivity index (χ4v) is 3.10. The minimum Gasteiger partial charge on any atom is -0.378 e. The first-order valence-corrected chi connectivity index (χ1v) is 9.40. The van der Waals surface area contributed by atoms with E-state index in [1.165, 1.54) is 5.56 Å². The summed E-state index contributed by atoms with van der Waals surface area (Å²) in [6.45, 7) is 0.910. The number of hydrogen-bond donors (Lipinski definition) is 2. The molecular weight excluding hydrogens is 502 g/mol. The Labute approximate surface area is 184 Å². The third-order valence-electron chi connectivity index (χ3n) is 3.86. The van der Waals surface area contributed by atoms with Gasteiger partial charge in [-0.3, -0.25) is 4.99 Å². The molecule has 0 radical (unpaired) electrons. The number of nitrogens with one attached hydrogen (secondary N) is 2. The highest BCUT2D eigenvalue weighted by Gasteiger charge is 2.33. The molecular formula is C18H25F3IN5S. The number of guanidine groups is 1. The van der Waals surface area contributed by atoms with E-state index in [4.69, 9.17) is 0 Å². The minimum atomic E-state index is -4.40. The molecule has 5 nitrogen and oxygen atoms in total. The van der Waals surface area contributed by atoms with Crippen LogP contribution < -0.4 is 15.5 Å². The Bertz CT molecular complexity index is 744. The van der Waals surface area contributed by atoms with Gasteiger partial charge in [-0.2, -0.15) is 13.2 Å². The number of benzene rings is 1. The zero-order valence-electron chi connectivity index (χ0n) is 16.0. The largest absolute Gasteiger partial charge is 0.434 e. The van der Waals surface area contributed by atoms with E-state index in [2.05, 4.69) is 49.8 Å². The third-order valence-corrected chi connectivity index (χ3v) is 4.71. The van der Waals surface area contributed by atoms with Gasteiger partial charge in [0.1, 0.15) is 5.01 Å². The van der Waals surface area contributed by atoms with Gasteiger partial charge in [0, 0.05) is 38.8 Å². The van der Waals surface area contributed by atoms with Crippen LogP contribution in [0.3, 0.4) is 0 Å². The second-order valence-electron chi connectivity index (χ2n) is 6.14. The van der Waals surface area contributed by atoms with Crippen LogP contribution in [0.25, 0.3) is 0 Å². The van der Waals surface area contributed by atoms with Crippen LogP contribution in [0.1, 0.15) is 22.7 Å². The maximum atomic E-state index is 12.6. The second kappa shape index (κ2) is 11.4. The van der Waals surface area contributed by atoms with Crippen molar-refractivity contribution in [2.45, 2.75) is 25.6 Å². The van der Waals surface area contributed by atoms with Gasteiger partial charge in [0.25, 0.3) is 0 Å². The van der Waals surface area contributed by atoms with Crippen LogP contribution in [-0.4, -0.2) is 38.6 Å². The smallest absolute Gasteiger partial charge is 0.378 e. The fraction of sp³-hybridized carbons (Fsp3) is 0.444. The molecule has 0 aliphatic carbocycles. The Morgan fingerprint density at radius 2 is 1.86 bits per heavy atom. The van der Waals surface area contributed by atoms with Crippen molar-refractivity contribution in [1.29, 1.82) is 0 Å². The first-order chi connectivity index (χ1) is 12.8. The van der Waals surface area contributed by atoms with E-state index in [0.29, 0.717) is 17.5 Å². The predicted molar refractivity (Wildman–Crippen MR) is 120 cm³/mol. The summed E-state index contributed by atoms with van der Waals surface area (Å²) in [7, 11) is 5.64. The van der Waals surface area contributed by atoms with Crippen LogP contribution in [-0.2, 0) is 19.1 Å². The lowest BCUT2D eigenvalue weighted by Gasteiger charge is -2.13. The second-order valence-corrected chi connectivity index (χ2v) is 7.08. The van der Waals surface area contributed by atoms with Crippen LogP contribution in [0.2, 0.25) is 0 Å². The first kappa shape index (κ1) is 24.5. The van der Waals surface area contributed by atoms with Gasteiger partial charge in [-0.25, -0.2) is 4.98 Å². The molecule has 0 unspecified atom stereocenters. The molecule has 28 heavy (non-hydrogen) atoms. The monoisotopic (exact) mass is 527 g/mol. The first-order valence-electron chi connectivity index (χ1n) is 8.52. The lowest BCUT2D eigenvalue weighted by Crippen LogP contribution is -2.37. The SMILES string of the molecule is CN=C(NCCCc1ccc(N(C)C)cc1)NCc1nc(C(F)(F)F)cs1.I. The number of thiazole rings is 1. The molecule has 0 aliphatic heterocycles. The number of aliphatic imine (C=N–C) groups is 1. The maximum absolute atomic E-state index is 12.6. The van der Waals surface area contributed by atoms with E-state index < -0.39 is 11.9 Å². The maximum Gasteiger partial charge on any atom is 0.434 e. The van der Waals surface area contributed by atoms with Crippen molar-refractivity contribution in [3.8, 4) is 0 Å². The molecule has 0 saturated carbocycles. The molecule has 0 fully saturated rings. The zero-order chi connectivity index (χ0) is 19.9. The molecule has 2 rings (SSSR count). The van der Waals surface area contributed by atoms with Crippen LogP contribution >= 0.6 is 35.3 Å². The van der Waals surface area contributed by atoms with E-state index in [1.807, 2.05) is 14.1 Å². The summed E-state index contributed by atoms with van der Waals surface area (Å²) in [5, 5.41) is 7.53. The Morgan fingerprint density at radius 3 is 2.39 bits per heavy atom. The summed E-state index contributed by atoms with van der Waals surface area (Å²) >= 11 is 0.978. The van der Waals surface area contributed by atoms with Gasteiger partial charge < -0.3 is 15.5 Å². The van der Waals surface area contributed by atoms with Gasteiger partial charge in [0.15, 0.2) is 11.7 Å². The quantitative estimate of drug-likeness (QED) is 0.246. The standard InChI is InChI=1S/C18H24F3N5S.HI/c1-22-17(24-11-16-25-15(12-27-16)18(19,20)21)23-10-4-5-13-6-8-14(9-7-13)26(2)3;/h6-9,12H,4-5,10-11H2,1-3H3,(H2,22,23,24);1H. The van der Waals surface area contributed by atoms with Crippen molar-refractivity contribution in [3.63, 3.8) is 0 Å². The van der Waals surface area contributed by atoms with Crippen molar-refractivity contribution in [3.05, 3.63) is 45.9 Å². The number of alkyl halides is 3. The molecule has 1 aromatic heterocycles. The summed E-state index contributed by atoms with van der Waals surface area (Å²) < 4.78 is 37.7. The summed E-state index contributed by atoms with van der Waals surface area (Å²) in [6.07, 6.45) is -2.56. The summed E-state index contributed by atoms with van der Waals surface area (Å²) in [6, 6.07) is 8.41. The van der Waals surface area contributed by atoms with E-state index in [0.717, 1.165) is 35.2 Å². The average molecular weight is 527 g/mol. The number of anilines is 1. The van der Waals surface area contributed by atoms with Crippen LogP contribution in [0.5, 0.6) is 0 Å². The van der Waals surface area contributed by atoms with Gasteiger partial charge in [-0.1, -0.05) is 12.1 Å². The number of nitrogens with zero attached hydrogens (tertiary/aromatic N) is 3. The van der Waals surface area contributed by atoms with Crippen molar-refractivity contribution in [2.24, 2.45) is 4.99 Å². The molecule has 2 aromatic rings.